The molecule has 1 atom stereocenters. The Bertz CT molecular complexity index is 872. The number of hydrogen-bond acceptors (Lipinski definition) is 2. The average Bonchev–Trinajstić information content (AvgIpc) is 2.96. The largest absolute Gasteiger partial charge is 0.333 e. The molecule has 26 heavy (non-hydrogen) atoms. The Kier molecular flexibility index (Phi) is 4.21. The van der Waals surface area contributed by atoms with E-state index in [1.165, 1.54) is 5.56 Å². The highest BCUT2D eigenvalue weighted by atomic mass is 16.2. The van der Waals surface area contributed by atoms with Crippen LogP contribution in [0.25, 0.3) is 0 Å². The fraction of sp³-hybridized carbons (Fsp3) is 0.238. The molecule has 2 heterocycles. The Balaban J connectivity index is 1.55. The van der Waals surface area contributed by atoms with Crippen LogP contribution in [0.15, 0.2) is 65.9 Å². The van der Waals surface area contributed by atoms with Gasteiger partial charge >= 0.3 is 6.03 Å². The van der Waals surface area contributed by atoms with E-state index in [0.29, 0.717) is 18.7 Å². The van der Waals surface area contributed by atoms with Crippen LogP contribution < -0.4 is 10.6 Å². The van der Waals surface area contributed by atoms with Crippen molar-refractivity contribution in [2.45, 2.75) is 19.4 Å². The fourth-order valence-electron chi connectivity index (χ4n) is 3.53. The van der Waals surface area contributed by atoms with E-state index in [1.807, 2.05) is 54.3 Å². The van der Waals surface area contributed by atoms with Crippen molar-refractivity contribution in [3.63, 3.8) is 0 Å². The molecule has 0 unspecified atom stereocenters. The SMILES string of the molecule is Cc1ccc([C@@H]2NC(=O)NC3=C2C(=O)N(CCc2ccccc2)C3)cc1. The summed E-state index contributed by atoms with van der Waals surface area (Å²) < 4.78 is 0. The fourth-order valence-corrected chi connectivity index (χ4v) is 3.53. The Morgan fingerprint density at radius 1 is 1.04 bits per heavy atom. The standard InChI is InChI=1S/C21H21N3O2/c1-14-7-9-16(10-8-14)19-18-17(22-21(26)23-19)13-24(20(18)25)12-11-15-5-3-2-4-6-15/h2-10,19H,11-13H2,1H3,(H2,22,23,26)/t19-/m0/s1. The predicted octanol–water partition coefficient (Wildman–Crippen LogP) is 2.69. The van der Waals surface area contributed by atoms with Crippen LogP contribution in [0.5, 0.6) is 0 Å². The van der Waals surface area contributed by atoms with Crippen molar-refractivity contribution in [3.8, 4) is 0 Å². The van der Waals surface area contributed by atoms with Crippen molar-refractivity contribution in [2.24, 2.45) is 0 Å². The first kappa shape index (κ1) is 16.4. The third-order valence-electron chi connectivity index (χ3n) is 4.94. The van der Waals surface area contributed by atoms with Gasteiger partial charge in [0, 0.05) is 6.54 Å². The minimum absolute atomic E-state index is 0.00555. The lowest BCUT2D eigenvalue weighted by molar-refractivity contribution is -0.125. The predicted molar refractivity (Wildman–Crippen MR) is 99.3 cm³/mol. The van der Waals surface area contributed by atoms with Crippen molar-refractivity contribution in [1.29, 1.82) is 0 Å². The second-order valence-corrected chi connectivity index (χ2v) is 6.80. The first-order valence-corrected chi connectivity index (χ1v) is 8.82. The van der Waals surface area contributed by atoms with Gasteiger partial charge in [-0.15, -0.1) is 0 Å². The normalized spacial score (nSPS) is 19.3. The van der Waals surface area contributed by atoms with Gasteiger partial charge in [0.2, 0.25) is 0 Å². The van der Waals surface area contributed by atoms with Crippen LogP contribution in [0.4, 0.5) is 4.79 Å². The molecule has 2 aliphatic heterocycles. The van der Waals surface area contributed by atoms with Crippen molar-refractivity contribution in [2.75, 3.05) is 13.1 Å². The molecule has 2 aliphatic rings. The average molecular weight is 347 g/mol. The van der Waals surface area contributed by atoms with Crippen LogP contribution in [-0.4, -0.2) is 29.9 Å². The molecule has 0 radical (unpaired) electrons. The van der Waals surface area contributed by atoms with Crippen molar-refractivity contribution >= 4 is 11.9 Å². The molecule has 0 bridgehead atoms. The molecule has 0 fully saturated rings. The maximum absolute atomic E-state index is 13.0. The molecule has 0 aromatic heterocycles. The van der Waals surface area contributed by atoms with Gasteiger partial charge in [0.1, 0.15) is 0 Å². The van der Waals surface area contributed by atoms with E-state index in [4.69, 9.17) is 0 Å². The lowest BCUT2D eigenvalue weighted by Crippen LogP contribution is -2.44. The number of hydrogen-bond donors (Lipinski definition) is 2. The number of carbonyl (C=O) groups excluding carboxylic acids is 2. The molecule has 0 aliphatic carbocycles. The molecule has 0 spiro atoms. The van der Waals surface area contributed by atoms with Crippen LogP contribution in [0.2, 0.25) is 0 Å². The van der Waals surface area contributed by atoms with Gasteiger partial charge < -0.3 is 15.5 Å². The summed E-state index contributed by atoms with van der Waals surface area (Å²) in [4.78, 5) is 26.9. The van der Waals surface area contributed by atoms with Crippen molar-refractivity contribution < 1.29 is 9.59 Å². The Morgan fingerprint density at radius 3 is 2.50 bits per heavy atom. The topological polar surface area (TPSA) is 61.4 Å². The number of urea groups is 1. The number of amides is 3. The number of nitrogens with one attached hydrogen (secondary N) is 2. The summed E-state index contributed by atoms with van der Waals surface area (Å²) in [7, 11) is 0. The Labute approximate surface area is 152 Å². The minimum Gasteiger partial charge on any atom is -0.333 e. The lowest BCUT2D eigenvalue weighted by atomic mass is 9.95. The molecule has 132 valence electrons. The van der Waals surface area contributed by atoms with Gasteiger partial charge in [-0.3, -0.25) is 4.79 Å². The molecule has 2 N–H and O–H groups in total. The molecule has 2 aromatic rings. The van der Waals surface area contributed by atoms with Crippen molar-refractivity contribution in [1.82, 2.24) is 15.5 Å². The third kappa shape index (κ3) is 3.08. The van der Waals surface area contributed by atoms with E-state index in [2.05, 4.69) is 22.8 Å². The van der Waals surface area contributed by atoms with Crippen LogP contribution >= 0.6 is 0 Å². The Morgan fingerprint density at radius 2 is 1.77 bits per heavy atom. The van der Waals surface area contributed by atoms with Crippen molar-refractivity contribution in [3.05, 3.63) is 82.6 Å². The molecular formula is C21H21N3O2. The number of aryl methyl sites for hydroxylation is 1. The Hall–Kier alpha value is -3.08. The summed E-state index contributed by atoms with van der Waals surface area (Å²) in [6.07, 6.45) is 0.795. The quantitative estimate of drug-likeness (QED) is 0.893. The summed E-state index contributed by atoms with van der Waals surface area (Å²) in [5.74, 6) is -0.00555. The van der Waals surface area contributed by atoms with Gasteiger partial charge in [-0.05, 0) is 24.5 Å². The van der Waals surface area contributed by atoms with Gasteiger partial charge in [-0.1, -0.05) is 60.2 Å². The zero-order valence-corrected chi connectivity index (χ0v) is 14.7. The molecular weight excluding hydrogens is 326 g/mol. The maximum atomic E-state index is 13.0. The molecule has 5 heteroatoms. The van der Waals surface area contributed by atoms with E-state index in [0.717, 1.165) is 23.2 Å². The molecule has 4 rings (SSSR count). The molecule has 5 nitrogen and oxygen atoms in total. The number of benzene rings is 2. The van der Waals surface area contributed by atoms with Crippen LogP contribution in [-0.2, 0) is 11.2 Å². The zero-order chi connectivity index (χ0) is 18.1. The highest BCUT2D eigenvalue weighted by molar-refractivity contribution is 6.01. The van der Waals surface area contributed by atoms with Gasteiger partial charge in [0.25, 0.3) is 5.91 Å². The third-order valence-corrected chi connectivity index (χ3v) is 4.94. The second-order valence-electron chi connectivity index (χ2n) is 6.80. The molecule has 2 aromatic carbocycles. The first-order chi connectivity index (χ1) is 12.6. The summed E-state index contributed by atoms with van der Waals surface area (Å²) in [5.41, 5.74) is 4.64. The monoisotopic (exact) mass is 347 g/mol. The van der Waals surface area contributed by atoms with E-state index < -0.39 is 6.04 Å². The molecule has 0 saturated carbocycles. The number of rotatable bonds is 4. The van der Waals surface area contributed by atoms with E-state index in [-0.39, 0.29) is 11.9 Å². The highest BCUT2D eigenvalue weighted by Crippen LogP contribution is 2.32. The van der Waals surface area contributed by atoms with E-state index in [9.17, 15) is 9.59 Å². The number of nitrogens with zero attached hydrogens (tertiary/aromatic N) is 1. The van der Waals surface area contributed by atoms with Gasteiger partial charge in [-0.2, -0.15) is 0 Å². The molecule has 3 amide bonds. The zero-order valence-electron chi connectivity index (χ0n) is 14.7. The lowest BCUT2D eigenvalue weighted by Gasteiger charge is -2.25. The first-order valence-electron chi connectivity index (χ1n) is 8.82. The van der Waals surface area contributed by atoms with Crippen LogP contribution in [0.3, 0.4) is 0 Å². The summed E-state index contributed by atoms with van der Waals surface area (Å²) in [6.45, 7) is 3.10. The summed E-state index contributed by atoms with van der Waals surface area (Å²) in [5, 5.41) is 5.71. The number of carbonyl (C=O) groups is 2. The van der Waals surface area contributed by atoms with Gasteiger partial charge in [-0.25, -0.2) is 4.79 Å². The van der Waals surface area contributed by atoms with Gasteiger partial charge in [0.15, 0.2) is 0 Å². The van der Waals surface area contributed by atoms with E-state index >= 15 is 0 Å². The minimum atomic E-state index is -0.395. The maximum Gasteiger partial charge on any atom is 0.319 e. The summed E-state index contributed by atoms with van der Waals surface area (Å²) in [6, 6.07) is 17.4. The molecule has 0 saturated heterocycles. The van der Waals surface area contributed by atoms with E-state index in [1.54, 1.807) is 0 Å². The summed E-state index contributed by atoms with van der Waals surface area (Å²) >= 11 is 0. The second kappa shape index (κ2) is 6.67. The smallest absolute Gasteiger partial charge is 0.319 e. The van der Waals surface area contributed by atoms with Crippen LogP contribution in [0.1, 0.15) is 22.7 Å². The van der Waals surface area contributed by atoms with Crippen LogP contribution in [0, 0.1) is 6.92 Å². The highest BCUT2D eigenvalue weighted by Gasteiger charge is 2.40. The van der Waals surface area contributed by atoms with Gasteiger partial charge in [0.05, 0.1) is 23.9 Å².